The number of rotatable bonds is 11. The Kier molecular flexibility index (Phi) is 6.76. The van der Waals surface area contributed by atoms with Gasteiger partial charge in [-0.2, -0.15) is 0 Å². The fourth-order valence-electron chi connectivity index (χ4n) is 3.56. The van der Waals surface area contributed by atoms with Gasteiger partial charge in [-0.15, -0.1) is 0 Å². The molecule has 2 aromatic heterocycles. The minimum atomic E-state index is -0.333. The molecule has 1 aliphatic carbocycles. The van der Waals surface area contributed by atoms with Gasteiger partial charge in [-0.05, 0) is 50.3 Å². The number of oxazole rings is 1. The van der Waals surface area contributed by atoms with Gasteiger partial charge in [0, 0.05) is 12.0 Å². The Hall–Kier alpha value is -3.00. The molecule has 0 spiro atoms. The number of aromatic nitrogens is 3. The van der Waals surface area contributed by atoms with Gasteiger partial charge >= 0.3 is 0 Å². The van der Waals surface area contributed by atoms with E-state index < -0.39 is 0 Å². The highest BCUT2D eigenvalue weighted by molar-refractivity contribution is 5.91. The summed E-state index contributed by atoms with van der Waals surface area (Å²) in [5, 5.41) is 0. The van der Waals surface area contributed by atoms with Gasteiger partial charge in [0.1, 0.15) is 23.7 Å². The van der Waals surface area contributed by atoms with Gasteiger partial charge in [-0.3, -0.25) is 4.79 Å². The van der Waals surface area contributed by atoms with E-state index in [9.17, 15) is 9.18 Å². The number of hydrogen-bond donors (Lipinski definition) is 2. The van der Waals surface area contributed by atoms with Gasteiger partial charge in [-0.1, -0.05) is 12.8 Å². The van der Waals surface area contributed by atoms with Crippen LogP contribution in [-0.4, -0.2) is 26.8 Å². The Balaban J connectivity index is 1.27. The van der Waals surface area contributed by atoms with Crippen LogP contribution < -0.4 is 10.5 Å². The van der Waals surface area contributed by atoms with Crippen LogP contribution >= 0.6 is 0 Å². The monoisotopic (exact) mass is 426 g/mol. The molecule has 1 aromatic carbocycles. The molecule has 3 N–H and O–H groups in total. The molecule has 2 heterocycles. The van der Waals surface area contributed by atoms with E-state index in [2.05, 4.69) is 15.0 Å². The van der Waals surface area contributed by atoms with E-state index in [1.807, 2.05) is 0 Å². The third-order valence-electron chi connectivity index (χ3n) is 5.62. The van der Waals surface area contributed by atoms with Crippen molar-refractivity contribution in [2.24, 2.45) is 5.73 Å². The van der Waals surface area contributed by atoms with Crippen LogP contribution in [0.2, 0.25) is 0 Å². The van der Waals surface area contributed by atoms with Gasteiger partial charge in [0.2, 0.25) is 5.78 Å². The molecule has 7 nitrogen and oxygen atoms in total. The second-order valence-corrected chi connectivity index (χ2v) is 7.96. The van der Waals surface area contributed by atoms with Crippen LogP contribution in [0, 0.1) is 5.82 Å². The molecule has 0 radical (unpaired) electrons. The fourth-order valence-corrected chi connectivity index (χ4v) is 3.56. The van der Waals surface area contributed by atoms with E-state index in [1.54, 1.807) is 18.3 Å². The summed E-state index contributed by atoms with van der Waals surface area (Å²) in [6.07, 6.45) is 11.6. The molecule has 1 atom stereocenters. The van der Waals surface area contributed by atoms with Crippen molar-refractivity contribution in [3.05, 3.63) is 54.4 Å². The van der Waals surface area contributed by atoms with Crippen molar-refractivity contribution >= 4 is 5.78 Å². The number of ketones is 1. The molecule has 4 rings (SSSR count). The third kappa shape index (κ3) is 5.38. The largest absolute Gasteiger partial charge is 0.490 e. The number of nitrogens with zero attached hydrogens (tertiary/aromatic N) is 2. The highest BCUT2D eigenvalue weighted by Gasteiger charge is 2.20. The van der Waals surface area contributed by atoms with E-state index in [0.717, 1.165) is 32.1 Å². The number of benzene rings is 1. The third-order valence-corrected chi connectivity index (χ3v) is 5.62. The predicted molar refractivity (Wildman–Crippen MR) is 113 cm³/mol. The van der Waals surface area contributed by atoms with Crippen molar-refractivity contribution < 1.29 is 18.3 Å². The minimum Gasteiger partial charge on any atom is -0.490 e. The number of carbonyl (C=O) groups excluding carboxylic acids is 1. The Morgan fingerprint density at radius 2 is 2.16 bits per heavy atom. The first-order chi connectivity index (χ1) is 15.1. The molecule has 3 aromatic rings. The standard InChI is InChI=1S/C23H27FN4O3/c24-18-10-9-16(31-15-5-4-6-15)13-17(18)20-14-27-22(28-20)19(25)7-2-1-3-8-21(29)23-26-11-12-30-23/h9-15,19H,1-8,25H2,(H,27,28). The number of nitrogens with one attached hydrogen (secondary N) is 1. The molecule has 1 aliphatic rings. The van der Waals surface area contributed by atoms with Crippen molar-refractivity contribution in [1.82, 2.24) is 15.0 Å². The van der Waals surface area contributed by atoms with Crippen molar-refractivity contribution in [3.63, 3.8) is 0 Å². The van der Waals surface area contributed by atoms with E-state index >= 15 is 0 Å². The lowest BCUT2D eigenvalue weighted by atomic mass is 9.96. The van der Waals surface area contributed by atoms with E-state index in [-0.39, 0.29) is 29.6 Å². The number of nitrogens with two attached hydrogens (primary N) is 1. The maximum Gasteiger partial charge on any atom is 0.263 e. The van der Waals surface area contributed by atoms with Gasteiger partial charge in [0.25, 0.3) is 5.89 Å². The molecule has 0 aliphatic heterocycles. The SMILES string of the molecule is NC(CCCCCC(=O)c1ncco1)c1ncc(-c2cc(OC3CCC3)ccc2F)[nH]1. The molecule has 0 amide bonds. The smallest absolute Gasteiger partial charge is 0.263 e. The molecule has 0 bridgehead atoms. The second-order valence-electron chi connectivity index (χ2n) is 7.96. The van der Waals surface area contributed by atoms with Crippen LogP contribution in [0.15, 0.2) is 41.3 Å². The summed E-state index contributed by atoms with van der Waals surface area (Å²) >= 11 is 0. The molecule has 1 saturated carbocycles. The Bertz CT molecular complexity index is 998. The topological polar surface area (TPSA) is 107 Å². The van der Waals surface area contributed by atoms with Gasteiger partial charge in [-0.25, -0.2) is 14.4 Å². The van der Waals surface area contributed by atoms with E-state index in [4.69, 9.17) is 14.9 Å². The average Bonchev–Trinajstić information content (AvgIpc) is 3.43. The molecule has 0 saturated heterocycles. The Morgan fingerprint density at radius 1 is 1.29 bits per heavy atom. The first-order valence-electron chi connectivity index (χ1n) is 10.8. The van der Waals surface area contributed by atoms with Crippen LogP contribution in [0.3, 0.4) is 0 Å². The first-order valence-corrected chi connectivity index (χ1v) is 10.8. The summed E-state index contributed by atoms with van der Waals surface area (Å²) in [4.78, 5) is 23.2. The summed E-state index contributed by atoms with van der Waals surface area (Å²) in [7, 11) is 0. The van der Waals surface area contributed by atoms with Crippen LogP contribution in [0.25, 0.3) is 11.3 Å². The van der Waals surface area contributed by atoms with Crippen LogP contribution in [0.4, 0.5) is 4.39 Å². The first kappa shape index (κ1) is 21.2. The predicted octanol–water partition coefficient (Wildman–Crippen LogP) is 4.97. The zero-order valence-electron chi connectivity index (χ0n) is 17.4. The number of H-pyrrole nitrogens is 1. The molecule has 1 unspecified atom stereocenters. The number of ether oxygens (including phenoxy) is 1. The second kappa shape index (κ2) is 9.87. The zero-order valence-corrected chi connectivity index (χ0v) is 17.4. The molecule has 31 heavy (non-hydrogen) atoms. The molecular formula is C23H27FN4O3. The lowest BCUT2D eigenvalue weighted by Crippen LogP contribution is -2.24. The lowest BCUT2D eigenvalue weighted by molar-refractivity contribution is 0.0945. The number of carbonyl (C=O) groups is 1. The number of hydrogen-bond acceptors (Lipinski definition) is 6. The van der Waals surface area contributed by atoms with Crippen molar-refractivity contribution in [2.75, 3.05) is 0 Å². The quantitative estimate of drug-likeness (QED) is 0.331. The Morgan fingerprint density at radius 3 is 2.90 bits per heavy atom. The number of halogens is 1. The van der Waals surface area contributed by atoms with Crippen molar-refractivity contribution in [3.8, 4) is 17.0 Å². The normalized spacial score (nSPS) is 14.9. The molecule has 164 valence electrons. The Labute approximate surface area is 180 Å². The van der Waals surface area contributed by atoms with E-state index in [0.29, 0.717) is 35.7 Å². The molecular weight excluding hydrogens is 399 g/mol. The maximum atomic E-state index is 14.4. The summed E-state index contributed by atoms with van der Waals surface area (Å²) in [6.45, 7) is 0. The summed E-state index contributed by atoms with van der Waals surface area (Å²) in [5.74, 6) is 1.03. The number of unbranched alkanes of at least 4 members (excludes halogenated alkanes) is 2. The van der Waals surface area contributed by atoms with Crippen LogP contribution in [0.5, 0.6) is 5.75 Å². The van der Waals surface area contributed by atoms with Crippen molar-refractivity contribution in [1.29, 1.82) is 0 Å². The lowest BCUT2D eigenvalue weighted by Gasteiger charge is -2.26. The summed E-state index contributed by atoms with van der Waals surface area (Å²) in [6, 6.07) is 4.51. The van der Waals surface area contributed by atoms with Gasteiger partial charge < -0.3 is 19.9 Å². The summed E-state index contributed by atoms with van der Waals surface area (Å²) < 4.78 is 25.3. The van der Waals surface area contributed by atoms with Gasteiger partial charge in [0.05, 0.1) is 30.2 Å². The average molecular weight is 426 g/mol. The number of imidazole rings is 1. The van der Waals surface area contributed by atoms with Gasteiger partial charge in [0.15, 0.2) is 0 Å². The number of aromatic amines is 1. The highest BCUT2D eigenvalue weighted by Crippen LogP contribution is 2.30. The van der Waals surface area contributed by atoms with Crippen LogP contribution in [0.1, 0.15) is 73.9 Å². The molecule has 8 heteroatoms. The zero-order chi connectivity index (χ0) is 21.6. The maximum absolute atomic E-state index is 14.4. The van der Waals surface area contributed by atoms with Crippen LogP contribution in [-0.2, 0) is 0 Å². The molecule has 1 fully saturated rings. The highest BCUT2D eigenvalue weighted by atomic mass is 19.1. The summed E-state index contributed by atoms with van der Waals surface area (Å²) in [5.41, 5.74) is 7.27. The number of Topliss-reactive ketones (excluding diaryl/α,β-unsaturated/α-hetero) is 1. The van der Waals surface area contributed by atoms with Crippen molar-refractivity contribution in [2.45, 2.75) is 63.5 Å². The van der Waals surface area contributed by atoms with E-state index in [1.165, 1.54) is 24.9 Å². The minimum absolute atomic E-state index is 0.0875. The fraction of sp³-hybridized carbons (Fsp3) is 0.435.